The molecule has 0 aliphatic carbocycles. The maximum Gasteiger partial charge on any atom is 0.294 e. The zero-order valence-corrected chi connectivity index (χ0v) is 13.5. The molecule has 0 aliphatic heterocycles. The van der Waals surface area contributed by atoms with Gasteiger partial charge in [0.15, 0.2) is 5.69 Å². The molecule has 0 N–H and O–H groups in total. The van der Waals surface area contributed by atoms with Gasteiger partial charge in [-0.3, -0.25) is 10.1 Å². The molecule has 0 unspecified atom stereocenters. The molecule has 0 radical (unpaired) electrons. The Morgan fingerprint density at radius 1 is 1.21 bits per heavy atom. The van der Waals surface area contributed by atoms with Gasteiger partial charge in [-0.25, -0.2) is 4.68 Å². The number of thioether (sulfide) groups is 1. The quantitative estimate of drug-likeness (QED) is 0.408. The molecule has 118 valence electrons. The van der Waals surface area contributed by atoms with Crippen LogP contribution >= 0.6 is 11.8 Å². The number of nitrogens with zero attached hydrogens (tertiary/aromatic N) is 4. The van der Waals surface area contributed by atoms with Crippen LogP contribution in [0.5, 0.6) is 0 Å². The van der Waals surface area contributed by atoms with E-state index in [1.807, 2.05) is 36.6 Å². The summed E-state index contributed by atoms with van der Waals surface area (Å²) in [7, 11) is 0. The van der Waals surface area contributed by atoms with Crippen molar-refractivity contribution in [2.24, 2.45) is 0 Å². The predicted molar refractivity (Wildman–Crippen MR) is 92.2 cm³/mol. The Hall–Kier alpha value is -3.11. The van der Waals surface area contributed by atoms with Crippen molar-refractivity contribution in [3.05, 3.63) is 70.4 Å². The molecule has 24 heavy (non-hydrogen) atoms. The van der Waals surface area contributed by atoms with Crippen LogP contribution in [0.25, 0.3) is 16.9 Å². The van der Waals surface area contributed by atoms with Crippen LogP contribution in [0, 0.1) is 21.4 Å². The van der Waals surface area contributed by atoms with Crippen molar-refractivity contribution in [3.63, 3.8) is 0 Å². The number of benzene rings is 2. The second-order valence-corrected chi connectivity index (χ2v) is 5.79. The van der Waals surface area contributed by atoms with E-state index in [1.165, 1.54) is 10.7 Å². The second-order valence-electron chi connectivity index (χ2n) is 4.91. The highest BCUT2D eigenvalue weighted by molar-refractivity contribution is 7.98. The molecule has 6 nitrogen and oxygen atoms in total. The first-order valence-corrected chi connectivity index (χ1v) is 8.25. The third kappa shape index (κ3) is 2.87. The van der Waals surface area contributed by atoms with Gasteiger partial charge in [-0.15, -0.1) is 11.8 Å². The lowest BCUT2D eigenvalue weighted by molar-refractivity contribution is -0.384. The molecule has 3 rings (SSSR count). The summed E-state index contributed by atoms with van der Waals surface area (Å²) in [5, 5.41) is 24.7. The normalized spacial score (nSPS) is 10.3. The Bertz CT molecular complexity index is 942. The third-order valence-corrected chi connectivity index (χ3v) is 4.26. The average Bonchev–Trinajstić information content (AvgIpc) is 3.06. The molecule has 0 fully saturated rings. The summed E-state index contributed by atoms with van der Waals surface area (Å²) in [4.78, 5) is 12.0. The molecule has 0 atom stereocenters. The predicted octanol–water partition coefficient (Wildman–Crippen LogP) is 4.04. The van der Waals surface area contributed by atoms with Crippen molar-refractivity contribution in [3.8, 4) is 23.0 Å². The zero-order valence-electron chi connectivity index (χ0n) is 12.7. The summed E-state index contributed by atoms with van der Waals surface area (Å²) in [6.45, 7) is 0. The van der Waals surface area contributed by atoms with Crippen LogP contribution in [0.15, 0.2) is 59.5 Å². The van der Waals surface area contributed by atoms with Crippen LogP contribution in [-0.2, 0) is 0 Å². The van der Waals surface area contributed by atoms with Crippen LogP contribution in [-0.4, -0.2) is 21.0 Å². The molecule has 0 amide bonds. The van der Waals surface area contributed by atoms with Crippen molar-refractivity contribution in [1.29, 1.82) is 5.26 Å². The van der Waals surface area contributed by atoms with Crippen LogP contribution in [0.3, 0.4) is 0 Å². The van der Waals surface area contributed by atoms with Gasteiger partial charge in [0, 0.05) is 22.6 Å². The molecule has 7 heteroatoms. The van der Waals surface area contributed by atoms with E-state index in [9.17, 15) is 10.1 Å². The minimum atomic E-state index is -0.455. The van der Waals surface area contributed by atoms with Crippen molar-refractivity contribution in [2.75, 3.05) is 6.26 Å². The van der Waals surface area contributed by atoms with Crippen LogP contribution in [0.1, 0.15) is 5.69 Å². The van der Waals surface area contributed by atoms with E-state index in [4.69, 9.17) is 5.26 Å². The Morgan fingerprint density at radius 3 is 2.54 bits per heavy atom. The van der Waals surface area contributed by atoms with Gasteiger partial charge in [0.25, 0.3) is 5.69 Å². The zero-order chi connectivity index (χ0) is 17.1. The van der Waals surface area contributed by atoms with E-state index in [1.54, 1.807) is 36.0 Å². The number of para-hydroxylation sites is 2. The lowest BCUT2D eigenvalue weighted by Crippen LogP contribution is -2.03. The van der Waals surface area contributed by atoms with Gasteiger partial charge in [-0.2, -0.15) is 10.4 Å². The minimum absolute atomic E-state index is 0.0629. The van der Waals surface area contributed by atoms with Crippen molar-refractivity contribution in [2.45, 2.75) is 4.90 Å². The number of aromatic nitrogens is 2. The summed E-state index contributed by atoms with van der Waals surface area (Å²) in [6, 6.07) is 17.7. The number of nitro groups is 1. The molecule has 0 aliphatic rings. The van der Waals surface area contributed by atoms with E-state index < -0.39 is 4.92 Å². The lowest BCUT2D eigenvalue weighted by Gasteiger charge is -2.08. The molecule has 1 heterocycles. The summed E-state index contributed by atoms with van der Waals surface area (Å²) >= 11 is 1.63. The van der Waals surface area contributed by atoms with E-state index in [-0.39, 0.29) is 11.4 Å². The molecule has 0 spiro atoms. The highest BCUT2D eigenvalue weighted by atomic mass is 32.2. The fourth-order valence-corrected chi connectivity index (χ4v) is 2.79. The van der Waals surface area contributed by atoms with Gasteiger partial charge in [0.1, 0.15) is 11.8 Å². The van der Waals surface area contributed by atoms with Crippen molar-refractivity contribution < 1.29 is 4.92 Å². The van der Waals surface area contributed by atoms with E-state index in [0.29, 0.717) is 11.4 Å². The number of nitro benzene ring substituents is 1. The molecular formula is C17H12N4O2S. The second kappa shape index (κ2) is 6.56. The Morgan fingerprint density at radius 2 is 1.92 bits per heavy atom. The van der Waals surface area contributed by atoms with Gasteiger partial charge in [0.05, 0.1) is 10.6 Å². The van der Waals surface area contributed by atoms with Crippen molar-refractivity contribution >= 4 is 17.4 Å². The maximum absolute atomic E-state index is 11.3. The van der Waals surface area contributed by atoms with Crippen LogP contribution in [0.4, 0.5) is 5.69 Å². The molecule has 0 saturated heterocycles. The summed E-state index contributed by atoms with van der Waals surface area (Å²) in [5.41, 5.74) is 1.94. The summed E-state index contributed by atoms with van der Waals surface area (Å²) in [5.74, 6) is 0. The van der Waals surface area contributed by atoms with Crippen molar-refractivity contribution in [1.82, 2.24) is 9.78 Å². The average molecular weight is 336 g/mol. The standard InChI is InChI=1S/C17H12N4O2S/c1-24-14-8-6-12(7-9-14)17-10-13(11-18)19-20(17)15-4-2-3-5-16(15)21(22)23/h2-10H,1H3. The monoisotopic (exact) mass is 336 g/mol. The van der Waals surface area contributed by atoms with Crippen LogP contribution in [0.2, 0.25) is 0 Å². The lowest BCUT2D eigenvalue weighted by atomic mass is 10.1. The summed E-state index contributed by atoms with van der Waals surface area (Å²) < 4.78 is 1.45. The Balaban J connectivity index is 2.21. The number of hydrogen-bond donors (Lipinski definition) is 0. The number of nitriles is 1. The highest BCUT2D eigenvalue weighted by Crippen LogP contribution is 2.30. The van der Waals surface area contributed by atoms with Gasteiger partial charge < -0.3 is 0 Å². The molecule has 3 aromatic rings. The summed E-state index contributed by atoms with van der Waals surface area (Å²) in [6.07, 6.45) is 1.99. The first-order chi connectivity index (χ1) is 11.6. The van der Waals surface area contributed by atoms with Gasteiger partial charge in [0.2, 0.25) is 0 Å². The van der Waals surface area contributed by atoms with E-state index >= 15 is 0 Å². The Labute approximate surface area is 142 Å². The first-order valence-electron chi connectivity index (χ1n) is 7.02. The third-order valence-electron chi connectivity index (χ3n) is 3.52. The molecule has 0 saturated carbocycles. The molecule has 0 bridgehead atoms. The van der Waals surface area contributed by atoms with Crippen LogP contribution < -0.4 is 0 Å². The molecule has 2 aromatic carbocycles. The van der Waals surface area contributed by atoms with E-state index in [0.717, 1.165) is 10.5 Å². The number of hydrogen-bond acceptors (Lipinski definition) is 5. The highest BCUT2D eigenvalue weighted by Gasteiger charge is 2.19. The van der Waals surface area contributed by atoms with Gasteiger partial charge in [-0.1, -0.05) is 24.3 Å². The first kappa shape index (κ1) is 15.8. The molecular weight excluding hydrogens is 324 g/mol. The molecule has 1 aromatic heterocycles. The fourth-order valence-electron chi connectivity index (χ4n) is 2.38. The topological polar surface area (TPSA) is 84.8 Å². The SMILES string of the molecule is CSc1ccc(-c2cc(C#N)nn2-c2ccccc2[N+](=O)[O-])cc1. The fraction of sp³-hybridized carbons (Fsp3) is 0.0588. The maximum atomic E-state index is 11.3. The minimum Gasteiger partial charge on any atom is -0.258 e. The van der Waals surface area contributed by atoms with Gasteiger partial charge in [-0.05, 0) is 24.5 Å². The van der Waals surface area contributed by atoms with Gasteiger partial charge >= 0.3 is 0 Å². The van der Waals surface area contributed by atoms with E-state index in [2.05, 4.69) is 5.10 Å². The Kier molecular flexibility index (Phi) is 4.31. The number of rotatable bonds is 4. The largest absolute Gasteiger partial charge is 0.294 e. The smallest absolute Gasteiger partial charge is 0.258 e.